The quantitative estimate of drug-likeness (QED) is 0.0130. The van der Waals surface area contributed by atoms with Gasteiger partial charge in [-0.15, -0.1) is 0 Å². The second-order valence-electron chi connectivity index (χ2n) is 20.6. The van der Waals surface area contributed by atoms with Crippen molar-refractivity contribution in [2.24, 2.45) is 0 Å². The van der Waals surface area contributed by atoms with Crippen LogP contribution in [0.5, 0.6) is 0 Å². The highest BCUT2D eigenvalue weighted by Crippen LogP contribution is 2.27. The molecule has 0 bridgehead atoms. The van der Waals surface area contributed by atoms with Gasteiger partial charge in [0.05, 0.1) is 19.8 Å². The number of hydrogen-bond donors (Lipinski definition) is 7. The molecule has 2 heterocycles. The van der Waals surface area contributed by atoms with Gasteiger partial charge in [0.2, 0.25) is 0 Å². The van der Waals surface area contributed by atoms with Crippen molar-refractivity contribution in [1.82, 2.24) is 0 Å². The van der Waals surface area contributed by atoms with Gasteiger partial charge >= 0.3 is 11.9 Å². The number of aliphatic hydroxyl groups excluding tert-OH is 7. The molecule has 11 atom stereocenters. The topological polar surface area (TPSA) is 231 Å². The van der Waals surface area contributed by atoms with Crippen molar-refractivity contribution in [3.63, 3.8) is 0 Å². The van der Waals surface area contributed by atoms with Crippen LogP contribution < -0.4 is 0 Å². The summed E-state index contributed by atoms with van der Waals surface area (Å²) in [6, 6.07) is 0. The summed E-state index contributed by atoms with van der Waals surface area (Å²) >= 11 is 0. The van der Waals surface area contributed by atoms with Crippen LogP contribution in [0.4, 0.5) is 0 Å². The van der Waals surface area contributed by atoms with Crippen LogP contribution in [0.25, 0.3) is 0 Å². The number of esters is 2. The number of unbranched alkanes of at least 4 members (excludes halogenated alkanes) is 31. The summed E-state index contributed by atoms with van der Waals surface area (Å²) < 4.78 is 33.5. The maximum atomic E-state index is 13.0. The Labute approximate surface area is 434 Å². The van der Waals surface area contributed by atoms with E-state index in [1.165, 1.54) is 179 Å². The highest BCUT2D eigenvalue weighted by atomic mass is 16.7. The molecule has 0 aromatic heterocycles. The second kappa shape index (κ2) is 44.1. The van der Waals surface area contributed by atoms with E-state index in [0.29, 0.717) is 6.42 Å². The molecule has 72 heavy (non-hydrogen) atoms. The summed E-state index contributed by atoms with van der Waals surface area (Å²) in [4.78, 5) is 25.7. The maximum absolute atomic E-state index is 13.0. The Balaban J connectivity index is 1.77. The molecule has 0 spiro atoms. The van der Waals surface area contributed by atoms with E-state index >= 15 is 0 Å². The molecule has 2 aliphatic heterocycles. The largest absolute Gasteiger partial charge is 0.458 e. The average Bonchev–Trinajstić information content (AvgIpc) is 3.37. The first-order chi connectivity index (χ1) is 35.0. The third-order valence-corrected chi connectivity index (χ3v) is 14.0. The number of ether oxygens (including phenoxy) is 6. The van der Waals surface area contributed by atoms with Crippen molar-refractivity contribution in [3.05, 3.63) is 24.3 Å². The van der Waals surface area contributed by atoms with Gasteiger partial charge in [0.25, 0.3) is 0 Å². The van der Waals surface area contributed by atoms with Crippen molar-refractivity contribution >= 4 is 11.9 Å². The Morgan fingerprint density at radius 3 is 1.33 bits per heavy atom. The minimum Gasteiger partial charge on any atom is -0.458 e. The molecule has 2 saturated heterocycles. The van der Waals surface area contributed by atoms with Crippen molar-refractivity contribution in [1.29, 1.82) is 0 Å². The molecule has 4 unspecified atom stereocenters. The predicted octanol–water partition coefficient (Wildman–Crippen LogP) is 9.50. The van der Waals surface area contributed by atoms with Crippen LogP contribution in [0.3, 0.4) is 0 Å². The smallest absolute Gasteiger partial charge is 0.330 e. The van der Waals surface area contributed by atoms with Gasteiger partial charge in [-0.25, -0.2) is 4.79 Å². The predicted molar refractivity (Wildman–Crippen MR) is 280 cm³/mol. The Morgan fingerprint density at radius 1 is 0.472 bits per heavy atom. The lowest BCUT2D eigenvalue weighted by Gasteiger charge is -2.42. The van der Waals surface area contributed by atoms with Crippen LogP contribution in [-0.2, 0) is 38.0 Å². The van der Waals surface area contributed by atoms with E-state index in [0.717, 1.165) is 32.1 Å². The molecule has 0 aromatic carbocycles. The van der Waals surface area contributed by atoms with Gasteiger partial charge in [0.1, 0.15) is 55.4 Å². The zero-order chi connectivity index (χ0) is 52.4. The molecule has 0 aliphatic carbocycles. The van der Waals surface area contributed by atoms with E-state index in [1.54, 1.807) is 12.2 Å². The van der Waals surface area contributed by atoms with Crippen molar-refractivity contribution in [3.8, 4) is 0 Å². The fourth-order valence-electron chi connectivity index (χ4n) is 9.31. The minimum atomic E-state index is -1.77. The fraction of sp³-hybridized carbons (Fsp3) is 0.895. The molecular formula is C57H104O15. The third kappa shape index (κ3) is 31.1. The highest BCUT2D eigenvalue weighted by molar-refractivity contribution is 5.82. The Kier molecular flexibility index (Phi) is 40.5. The van der Waals surface area contributed by atoms with Gasteiger partial charge in [0.15, 0.2) is 18.7 Å². The van der Waals surface area contributed by atoms with E-state index in [1.807, 2.05) is 6.08 Å². The molecule has 7 N–H and O–H groups in total. The normalized spacial score (nSPS) is 25.1. The lowest BCUT2D eigenvalue weighted by molar-refractivity contribution is -0.332. The van der Waals surface area contributed by atoms with Crippen LogP contribution in [0.2, 0.25) is 0 Å². The van der Waals surface area contributed by atoms with Crippen molar-refractivity contribution < 1.29 is 73.8 Å². The van der Waals surface area contributed by atoms with Gasteiger partial charge in [0, 0.05) is 12.5 Å². The standard InChI is InChI=1S/C57H104O15/c1-3-5-7-9-11-13-15-17-19-20-21-22-23-24-26-28-30-32-34-36-38-40-49(60)70-45(42-67-48(59)39-37-35-33-31-29-27-25-18-16-14-12-10-8-6-4-2)43-68-56-55(66)53(64)51(62)47(72-56)44-69-57-54(65)52(63)50(61)46(41-58)71-57/h33,35,37,39,45-47,50-58,61-66H,3-32,34,36,38,40-44H2,1-2H3/b35-33+,39-37+/t45-,46+,47+,50-,51-,52?,53?,54?,55?,56+,57+/m1/s1. The summed E-state index contributed by atoms with van der Waals surface area (Å²) in [6.07, 6.45) is 31.2. The van der Waals surface area contributed by atoms with Gasteiger partial charge in [-0.1, -0.05) is 225 Å². The van der Waals surface area contributed by atoms with E-state index in [4.69, 9.17) is 28.4 Å². The first-order valence-corrected chi connectivity index (χ1v) is 29.0. The molecule has 0 amide bonds. The summed E-state index contributed by atoms with van der Waals surface area (Å²) in [5.41, 5.74) is 0. The van der Waals surface area contributed by atoms with Crippen molar-refractivity contribution in [2.45, 2.75) is 300 Å². The molecule has 0 aromatic rings. The summed E-state index contributed by atoms with van der Waals surface area (Å²) in [6.45, 7) is 2.51. The Bertz CT molecular complexity index is 1350. The lowest BCUT2D eigenvalue weighted by Crippen LogP contribution is -2.61. The number of carbonyl (C=O) groups excluding carboxylic acids is 2. The number of allylic oxidation sites excluding steroid dienone is 3. The zero-order valence-electron chi connectivity index (χ0n) is 44.9. The van der Waals surface area contributed by atoms with Gasteiger partial charge in [-0.05, 0) is 19.3 Å². The molecule has 422 valence electrons. The van der Waals surface area contributed by atoms with E-state index in [-0.39, 0.29) is 13.0 Å². The second-order valence-corrected chi connectivity index (χ2v) is 20.6. The summed E-state index contributed by atoms with van der Waals surface area (Å²) in [7, 11) is 0. The van der Waals surface area contributed by atoms with Crippen molar-refractivity contribution in [2.75, 3.05) is 26.4 Å². The van der Waals surface area contributed by atoms with Gasteiger partial charge < -0.3 is 64.2 Å². The average molecular weight is 1030 g/mol. The summed E-state index contributed by atoms with van der Waals surface area (Å²) in [5.74, 6) is -1.16. The van der Waals surface area contributed by atoms with Crippen LogP contribution in [-0.4, -0.2) is 142 Å². The van der Waals surface area contributed by atoms with Gasteiger partial charge in [-0.3, -0.25) is 4.79 Å². The van der Waals surface area contributed by atoms with Crippen LogP contribution in [0.15, 0.2) is 24.3 Å². The molecule has 2 fully saturated rings. The number of hydrogen-bond acceptors (Lipinski definition) is 15. The Hall–Kier alpha value is -2.02. The minimum absolute atomic E-state index is 0.151. The monoisotopic (exact) mass is 1030 g/mol. The van der Waals surface area contributed by atoms with Crippen LogP contribution >= 0.6 is 0 Å². The number of carbonyl (C=O) groups is 2. The van der Waals surface area contributed by atoms with E-state index < -0.39 is 99.3 Å². The number of aliphatic hydroxyl groups is 7. The van der Waals surface area contributed by atoms with Gasteiger partial charge in [-0.2, -0.15) is 0 Å². The third-order valence-electron chi connectivity index (χ3n) is 14.0. The van der Waals surface area contributed by atoms with E-state index in [2.05, 4.69) is 13.8 Å². The molecule has 2 aliphatic rings. The molecule has 15 nitrogen and oxygen atoms in total. The zero-order valence-corrected chi connectivity index (χ0v) is 44.9. The first kappa shape index (κ1) is 66.1. The fourth-order valence-corrected chi connectivity index (χ4v) is 9.31. The van der Waals surface area contributed by atoms with Crippen LogP contribution in [0.1, 0.15) is 232 Å². The lowest BCUT2D eigenvalue weighted by atomic mass is 9.98. The van der Waals surface area contributed by atoms with E-state index in [9.17, 15) is 45.3 Å². The SMILES string of the molecule is CCCCCCCCCCCCC/C=C/C=C/C(=O)OC[C@H](CO[C@H]1O[C@@H](CO[C@H]2O[C@@H](CO)[C@@H](O)C(O)C2O)[C@@H](O)C(O)C1O)OC(=O)CCCCCCCCCCCCCCCCCCCCCCC. The Morgan fingerprint density at radius 2 is 0.875 bits per heavy atom. The van der Waals surface area contributed by atoms with Crippen LogP contribution in [0, 0.1) is 0 Å². The first-order valence-electron chi connectivity index (χ1n) is 29.0. The molecule has 2 rings (SSSR count). The molecule has 15 heteroatoms. The highest BCUT2D eigenvalue weighted by Gasteiger charge is 2.47. The molecule has 0 saturated carbocycles. The summed E-state index contributed by atoms with van der Waals surface area (Å²) in [5, 5.41) is 72.2. The number of rotatable bonds is 46. The maximum Gasteiger partial charge on any atom is 0.330 e. The molecular weight excluding hydrogens is 925 g/mol. The molecule has 0 radical (unpaired) electrons.